The first kappa shape index (κ1) is 18.7. The summed E-state index contributed by atoms with van der Waals surface area (Å²) in [6.07, 6.45) is 0.253. The molecule has 0 saturated carbocycles. The Morgan fingerprint density at radius 3 is 2.40 bits per heavy atom. The smallest absolute Gasteiger partial charge is 0.436 e. The summed E-state index contributed by atoms with van der Waals surface area (Å²) >= 11 is 0.906. The van der Waals surface area contributed by atoms with E-state index in [9.17, 15) is 14.4 Å². The highest BCUT2D eigenvalue weighted by atomic mass is 32.2. The van der Waals surface area contributed by atoms with Crippen molar-refractivity contribution in [3.63, 3.8) is 0 Å². The van der Waals surface area contributed by atoms with Crippen molar-refractivity contribution in [3.05, 3.63) is 41.3 Å². The van der Waals surface area contributed by atoms with E-state index >= 15 is 0 Å². The standard InChI is InChI=1S/C17H18N2O5S/c1-17(2,3)24-16(22)18-15-19(11-8-6-5-7-9-11)14(21)12(25-15)10-13(20)23-4/h5-10H,1-4H3. The van der Waals surface area contributed by atoms with Gasteiger partial charge in [-0.15, -0.1) is 4.99 Å². The molecule has 1 aromatic carbocycles. The number of thioether (sulfide) groups is 1. The summed E-state index contributed by atoms with van der Waals surface area (Å²) in [5, 5.41) is 0.112. The van der Waals surface area contributed by atoms with Crippen LogP contribution in [0.5, 0.6) is 0 Å². The molecule has 0 atom stereocenters. The Bertz CT molecular complexity index is 750. The van der Waals surface area contributed by atoms with E-state index in [1.54, 1.807) is 51.1 Å². The molecular weight excluding hydrogens is 344 g/mol. The van der Waals surface area contributed by atoms with Crippen LogP contribution in [-0.2, 0) is 19.1 Å². The monoisotopic (exact) mass is 362 g/mol. The van der Waals surface area contributed by atoms with E-state index in [4.69, 9.17) is 4.74 Å². The lowest BCUT2D eigenvalue weighted by atomic mass is 10.2. The molecule has 0 spiro atoms. The average Bonchev–Trinajstić information content (AvgIpc) is 2.81. The Labute approximate surface area is 149 Å². The van der Waals surface area contributed by atoms with Gasteiger partial charge >= 0.3 is 12.1 Å². The number of amidine groups is 1. The first-order valence-electron chi connectivity index (χ1n) is 7.40. The zero-order chi connectivity index (χ0) is 18.6. The molecule has 2 rings (SSSR count). The highest BCUT2D eigenvalue weighted by Gasteiger charge is 2.36. The van der Waals surface area contributed by atoms with Gasteiger partial charge in [0.1, 0.15) is 5.60 Å². The van der Waals surface area contributed by atoms with E-state index in [2.05, 4.69) is 9.73 Å². The minimum absolute atomic E-state index is 0.109. The predicted molar refractivity (Wildman–Crippen MR) is 95.3 cm³/mol. The first-order valence-corrected chi connectivity index (χ1v) is 8.21. The van der Waals surface area contributed by atoms with E-state index in [1.165, 1.54) is 12.0 Å². The maximum absolute atomic E-state index is 12.6. The van der Waals surface area contributed by atoms with Crippen LogP contribution >= 0.6 is 11.8 Å². The van der Waals surface area contributed by atoms with Gasteiger partial charge in [0, 0.05) is 6.08 Å². The second-order valence-electron chi connectivity index (χ2n) is 5.98. The Morgan fingerprint density at radius 2 is 1.84 bits per heavy atom. The number of rotatable bonds is 2. The number of nitrogens with zero attached hydrogens (tertiary/aromatic N) is 2. The molecule has 1 aromatic rings. The molecule has 0 bridgehead atoms. The Hall–Kier alpha value is -2.61. The molecule has 7 nitrogen and oxygen atoms in total. The van der Waals surface area contributed by atoms with Crippen molar-refractivity contribution in [2.24, 2.45) is 4.99 Å². The van der Waals surface area contributed by atoms with Crippen molar-refractivity contribution in [2.75, 3.05) is 12.0 Å². The van der Waals surface area contributed by atoms with E-state index in [1.807, 2.05) is 0 Å². The Balaban J connectivity index is 2.41. The van der Waals surface area contributed by atoms with Gasteiger partial charge < -0.3 is 9.47 Å². The molecule has 0 radical (unpaired) electrons. The van der Waals surface area contributed by atoms with Crippen molar-refractivity contribution in [1.29, 1.82) is 0 Å². The Morgan fingerprint density at radius 1 is 1.20 bits per heavy atom. The maximum Gasteiger partial charge on any atom is 0.436 e. The number of amides is 2. The predicted octanol–water partition coefficient (Wildman–Crippen LogP) is 3.11. The third-order valence-electron chi connectivity index (χ3n) is 2.85. The van der Waals surface area contributed by atoms with Crippen LogP contribution in [0.3, 0.4) is 0 Å². The number of para-hydroxylation sites is 1. The van der Waals surface area contributed by atoms with Crippen molar-refractivity contribution >= 4 is 40.6 Å². The van der Waals surface area contributed by atoms with Gasteiger partial charge in [0.05, 0.1) is 17.7 Å². The topological polar surface area (TPSA) is 85.3 Å². The van der Waals surface area contributed by atoms with Gasteiger partial charge in [0.15, 0.2) is 5.17 Å². The number of benzene rings is 1. The molecule has 1 fully saturated rings. The molecule has 1 aliphatic rings. The molecule has 0 unspecified atom stereocenters. The molecular formula is C17H18N2O5S. The molecule has 0 aromatic heterocycles. The fourth-order valence-electron chi connectivity index (χ4n) is 1.88. The fourth-order valence-corrected chi connectivity index (χ4v) is 2.81. The summed E-state index contributed by atoms with van der Waals surface area (Å²) in [5.41, 5.74) is -0.188. The quantitative estimate of drug-likeness (QED) is 0.594. The average molecular weight is 362 g/mol. The number of methoxy groups -OCH3 is 1. The molecule has 1 saturated heterocycles. The number of ether oxygens (including phenoxy) is 2. The molecule has 132 valence electrons. The van der Waals surface area contributed by atoms with Gasteiger partial charge in [-0.2, -0.15) is 0 Å². The number of hydrogen-bond acceptors (Lipinski definition) is 6. The number of carbonyl (C=O) groups excluding carboxylic acids is 3. The minimum Gasteiger partial charge on any atom is -0.466 e. The Kier molecular flexibility index (Phi) is 5.63. The second-order valence-corrected chi connectivity index (χ2v) is 6.99. The first-order chi connectivity index (χ1) is 11.7. The molecule has 25 heavy (non-hydrogen) atoms. The fraction of sp³-hybridized carbons (Fsp3) is 0.294. The lowest BCUT2D eigenvalue weighted by Gasteiger charge is -2.19. The summed E-state index contributed by atoms with van der Waals surface area (Å²) in [5.74, 6) is -1.13. The van der Waals surface area contributed by atoms with Crippen molar-refractivity contribution < 1.29 is 23.9 Å². The van der Waals surface area contributed by atoms with Crippen LogP contribution < -0.4 is 4.90 Å². The van der Waals surface area contributed by atoms with Crippen LogP contribution in [0.25, 0.3) is 0 Å². The second kappa shape index (κ2) is 7.52. The van der Waals surface area contributed by atoms with E-state index in [-0.39, 0.29) is 10.1 Å². The number of hydrogen-bond donors (Lipinski definition) is 0. The summed E-state index contributed by atoms with van der Waals surface area (Å²) in [4.78, 5) is 41.3. The van der Waals surface area contributed by atoms with E-state index in [0.29, 0.717) is 5.69 Å². The lowest BCUT2D eigenvalue weighted by Crippen LogP contribution is -2.30. The number of anilines is 1. The summed E-state index contributed by atoms with van der Waals surface area (Å²) in [6, 6.07) is 8.70. The van der Waals surface area contributed by atoms with Gasteiger partial charge in [-0.3, -0.25) is 9.69 Å². The number of esters is 1. The van der Waals surface area contributed by atoms with Crippen LogP contribution in [0.15, 0.2) is 46.3 Å². The van der Waals surface area contributed by atoms with Gasteiger partial charge in [0.2, 0.25) is 0 Å². The van der Waals surface area contributed by atoms with Gasteiger partial charge in [-0.05, 0) is 44.7 Å². The normalized spacial score (nSPS) is 17.9. The highest BCUT2D eigenvalue weighted by Crippen LogP contribution is 2.35. The molecule has 8 heteroatoms. The van der Waals surface area contributed by atoms with Crippen LogP contribution in [0.2, 0.25) is 0 Å². The summed E-state index contributed by atoms with van der Waals surface area (Å²) < 4.78 is 9.72. The van der Waals surface area contributed by atoms with Crippen LogP contribution in [0, 0.1) is 0 Å². The molecule has 0 aliphatic carbocycles. The highest BCUT2D eigenvalue weighted by molar-refractivity contribution is 8.19. The lowest BCUT2D eigenvalue weighted by molar-refractivity contribution is -0.135. The van der Waals surface area contributed by atoms with Crippen LogP contribution in [-0.4, -0.2) is 35.8 Å². The van der Waals surface area contributed by atoms with Crippen LogP contribution in [0.4, 0.5) is 10.5 Å². The summed E-state index contributed by atoms with van der Waals surface area (Å²) in [6.45, 7) is 5.15. The third-order valence-corrected chi connectivity index (χ3v) is 3.82. The van der Waals surface area contributed by atoms with Crippen molar-refractivity contribution in [1.82, 2.24) is 0 Å². The number of aliphatic imine (C=N–C) groups is 1. The zero-order valence-electron chi connectivity index (χ0n) is 14.3. The third kappa shape index (κ3) is 4.93. The van der Waals surface area contributed by atoms with Crippen molar-refractivity contribution in [2.45, 2.75) is 26.4 Å². The van der Waals surface area contributed by atoms with Crippen LogP contribution in [0.1, 0.15) is 20.8 Å². The zero-order valence-corrected chi connectivity index (χ0v) is 15.1. The summed E-state index contributed by atoms with van der Waals surface area (Å²) in [7, 11) is 1.22. The van der Waals surface area contributed by atoms with Gasteiger partial charge in [-0.1, -0.05) is 18.2 Å². The molecule has 0 N–H and O–H groups in total. The minimum atomic E-state index is -0.817. The van der Waals surface area contributed by atoms with Crippen molar-refractivity contribution in [3.8, 4) is 0 Å². The number of carbonyl (C=O) groups is 3. The SMILES string of the molecule is COC(=O)C=C1SC(=NC(=O)OC(C)(C)C)N(c2ccccc2)C1=O. The maximum atomic E-state index is 12.6. The molecule has 1 aliphatic heterocycles. The largest absolute Gasteiger partial charge is 0.466 e. The van der Waals surface area contributed by atoms with Gasteiger partial charge in [0.25, 0.3) is 5.91 Å². The van der Waals surface area contributed by atoms with Gasteiger partial charge in [-0.25, -0.2) is 9.59 Å². The molecule has 2 amide bonds. The van der Waals surface area contributed by atoms with E-state index < -0.39 is 23.6 Å². The van der Waals surface area contributed by atoms with E-state index in [0.717, 1.165) is 17.8 Å². The molecule has 1 heterocycles.